The van der Waals surface area contributed by atoms with Gasteiger partial charge in [0.05, 0.1) is 0 Å². The van der Waals surface area contributed by atoms with E-state index in [0.29, 0.717) is 12.0 Å². The van der Waals surface area contributed by atoms with Crippen LogP contribution in [0.3, 0.4) is 0 Å². The van der Waals surface area contributed by atoms with Gasteiger partial charge in [-0.15, -0.1) is 0 Å². The first-order valence-electron chi connectivity index (χ1n) is 8.57. The van der Waals surface area contributed by atoms with Crippen LogP contribution in [0, 0.1) is 5.92 Å². The minimum Gasteiger partial charge on any atom is -0.310 e. The zero-order valence-corrected chi connectivity index (χ0v) is 13.7. The van der Waals surface area contributed by atoms with Crippen LogP contribution >= 0.6 is 0 Å². The van der Waals surface area contributed by atoms with Gasteiger partial charge in [0.2, 0.25) is 0 Å². The van der Waals surface area contributed by atoms with E-state index in [-0.39, 0.29) is 0 Å². The maximum Gasteiger partial charge on any atom is 0.0346 e. The molecule has 1 rings (SSSR count). The van der Waals surface area contributed by atoms with Gasteiger partial charge in [0, 0.05) is 6.04 Å². The predicted octanol–water partition coefficient (Wildman–Crippen LogP) is 5.72. The van der Waals surface area contributed by atoms with Crippen LogP contribution in [0.15, 0.2) is 30.3 Å². The molecule has 1 aromatic rings. The molecule has 2 unspecified atom stereocenters. The van der Waals surface area contributed by atoms with Crippen molar-refractivity contribution in [2.75, 3.05) is 6.54 Å². The molecule has 0 fully saturated rings. The van der Waals surface area contributed by atoms with Gasteiger partial charge in [0.1, 0.15) is 0 Å². The number of hydrogen-bond donors (Lipinski definition) is 1. The van der Waals surface area contributed by atoms with Gasteiger partial charge >= 0.3 is 0 Å². The predicted molar refractivity (Wildman–Crippen MR) is 90.0 cm³/mol. The SMILES string of the molecule is CCCCCCCC(C)C(NCCC)c1ccccc1. The van der Waals surface area contributed by atoms with E-state index in [1.54, 1.807) is 0 Å². The summed E-state index contributed by atoms with van der Waals surface area (Å²) in [6, 6.07) is 11.5. The fourth-order valence-corrected chi connectivity index (χ4v) is 2.84. The van der Waals surface area contributed by atoms with Crippen molar-refractivity contribution in [1.29, 1.82) is 0 Å². The van der Waals surface area contributed by atoms with Crippen molar-refractivity contribution in [3.8, 4) is 0 Å². The monoisotopic (exact) mass is 275 g/mol. The third-order valence-electron chi connectivity index (χ3n) is 4.10. The number of nitrogens with one attached hydrogen (secondary N) is 1. The Labute approximate surface area is 126 Å². The van der Waals surface area contributed by atoms with Gasteiger partial charge in [-0.05, 0) is 30.9 Å². The molecule has 0 aliphatic rings. The molecule has 2 atom stereocenters. The molecule has 0 saturated heterocycles. The van der Waals surface area contributed by atoms with Crippen LogP contribution in [-0.2, 0) is 0 Å². The van der Waals surface area contributed by atoms with Crippen LogP contribution in [0.25, 0.3) is 0 Å². The average molecular weight is 275 g/mol. The molecule has 0 amide bonds. The van der Waals surface area contributed by atoms with E-state index in [9.17, 15) is 0 Å². The van der Waals surface area contributed by atoms with Gasteiger partial charge < -0.3 is 5.32 Å². The second-order valence-corrected chi connectivity index (χ2v) is 6.02. The number of benzene rings is 1. The third kappa shape index (κ3) is 6.56. The van der Waals surface area contributed by atoms with E-state index in [0.717, 1.165) is 6.54 Å². The Kier molecular flexibility index (Phi) is 9.40. The van der Waals surface area contributed by atoms with E-state index in [2.05, 4.69) is 56.4 Å². The highest BCUT2D eigenvalue weighted by molar-refractivity contribution is 5.19. The van der Waals surface area contributed by atoms with Crippen molar-refractivity contribution in [3.05, 3.63) is 35.9 Å². The molecule has 0 radical (unpaired) electrons. The van der Waals surface area contributed by atoms with Crippen molar-refractivity contribution in [2.24, 2.45) is 5.92 Å². The molecular formula is C19H33N. The summed E-state index contributed by atoms with van der Waals surface area (Å²) in [4.78, 5) is 0. The Morgan fingerprint density at radius 2 is 1.60 bits per heavy atom. The Morgan fingerprint density at radius 1 is 0.900 bits per heavy atom. The molecule has 114 valence electrons. The zero-order chi connectivity index (χ0) is 14.6. The van der Waals surface area contributed by atoms with E-state index in [4.69, 9.17) is 0 Å². The Morgan fingerprint density at radius 3 is 2.25 bits per heavy atom. The number of unbranched alkanes of at least 4 members (excludes halogenated alkanes) is 4. The summed E-state index contributed by atoms with van der Waals surface area (Å²) in [5.74, 6) is 0.713. The maximum atomic E-state index is 3.74. The molecule has 20 heavy (non-hydrogen) atoms. The molecule has 0 bridgehead atoms. The van der Waals surface area contributed by atoms with E-state index in [1.165, 1.54) is 50.5 Å². The first-order valence-corrected chi connectivity index (χ1v) is 8.57. The average Bonchev–Trinajstić information content (AvgIpc) is 2.48. The summed E-state index contributed by atoms with van der Waals surface area (Å²) in [6.07, 6.45) is 9.44. The highest BCUT2D eigenvalue weighted by Crippen LogP contribution is 2.26. The molecule has 1 aromatic carbocycles. The fraction of sp³-hybridized carbons (Fsp3) is 0.684. The normalized spacial score (nSPS) is 14.2. The second-order valence-electron chi connectivity index (χ2n) is 6.02. The summed E-state index contributed by atoms with van der Waals surface area (Å²) in [6.45, 7) is 8.03. The van der Waals surface area contributed by atoms with E-state index in [1.807, 2.05) is 0 Å². The Hall–Kier alpha value is -0.820. The summed E-state index contributed by atoms with van der Waals surface area (Å²) in [7, 11) is 0. The van der Waals surface area contributed by atoms with E-state index >= 15 is 0 Å². The van der Waals surface area contributed by atoms with Gasteiger partial charge in [0.25, 0.3) is 0 Å². The van der Waals surface area contributed by atoms with Gasteiger partial charge in [-0.25, -0.2) is 0 Å². The molecular weight excluding hydrogens is 242 g/mol. The van der Waals surface area contributed by atoms with Gasteiger partial charge in [-0.2, -0.15) is 0 Å². The minimum atomic E-state index is 0.516. The Bertz CT molecular complexity index is 320. The first-order chi connectivity index (χ1) is 9.79. The standard InChI is InChI=1S/C19H33N/c1-4-6-7-8-10-13-17(3)19(20-16-5-2)18-14-11-9-12-15-18/h9,11-12,14-15,17,19-20H,4-8,10,13,16H2,1-3H3. The van der Waals surface area contributed by atoms with Crippen LogP contribution in [0.5, 0.6) is 0 Å². The lowest BCUT2D eigenvalue weighted by Crippen LogP contribution is -2.27. The van der Waals surface area contributed by atoms with Crippen LogP contribution in [0.2, 0.25) is 0 Å². The largest absolute Gasteiger partial charge is 0.310 e. The second kappa shape index (κ2) is 10.9. The number of hydrogen-bond acceptors (Lipinski definition) is 1. The van der Waals surface area contributed by atoms with Crippen LogP contribution in [0.1, 0.15) is 77.3 Å². The quantitative estimate of drug-likeness (QED) is 0.509. The van der Waals surface area contributed by atoms with E-state index < -0.39 is 0 Å². The Balaban J connectivity index is 2.46. The molecule has 0 heterocycles. The van der Waals surface area contributed by atoms with Crippen molar-refractivity contribution < 1.29 is 0 Å². The zero-order valence-electron chi connectivity index (χ0n) is 13.7. The van der Waals surface area contributed by atoms with Gasteiger partial charge in [0.15, 0.2) is 0 Å². The maximum absolute atomic E-state index is 3.74. The van der Waals surface area contributed by atoms with Gasteiger partial charge in [-0.1, -0.05) is 83.2 Å². The fourth-order valence-electron chi connectivity index (χ4n) is 2.84. The molecule has 1 nitrogen and oxygen atoms in total. The van der Waals surface area contributed by atoms with Crippen LogP contribution in [-0.4, -0.2) is 6.54 Å². The lowest BCUT2D eigenvalue weighted by atomic mass is 9.90. The molecule has 0 aliphatic heterocycles. The lowest BCUT2D eigenvalue weighted by Gasteiger charge is -2.26. The molecule has 0 saturated carbocycles. The van der Waals surface area contributed by atoms with Crippen molar-refractivity contribution in [1.82, 2.24) is 5.32 Å². The molecule has 1 N–H and O–H groups in total. The minimum absolute atomic E-state index is 0.516. The lowest BCUT2D eigenvalue weighted by molar-refractivity contribution is 0.353. The van der Waals surface area contributed by atoms with Crippen LogP contribution in [0.4, 0.5) is 0 Å². The summed E-state index contributed by atoms with van der Waals surface area (Å²) >= 11 is 0. The van der Waals surface area contributed by atoms with Crippen molar-refractivity contribution >= 4 is 0 Å². The molecule has 0 aliphatic carbocycles. The molecule has 1 heteroatoms. The van der Waals surface area contributed by atoms with Crippen molar-refractivity contribution in [3.63, 3.8) is 0 Å². The topological polar surface area (TPSA) is 12.0 Å². The highest BCUT2D eigenvalue weighted by Gasteiger charge is 2.17. The summed E-state index contributed by atoms with van der Waals surface area (Å²) < 4.78 is 0. The molecule has 0 aromatic heterocycles. The molecule has 0 spiro atoms. The van der Waals surface area contributed by atoms with Gasteiger partial charge in [-0.3, -0.25) is 0 Å². The highest BCUT2D eigenvalue weighted by atomic mass is 14.9. The summed E-state index contributed by atoms with van der Waals surface area (Å²) in [5, 5.41) is 3.74. The first kappa shape index (κ1) is 17.2. The van der Waals surface area contributed by atoms with Crippen LogP contribution < -0.4 is 5.32 Å². The summed E-state index contributed by atoms with van der Waals surface area (Å²) in [5.41, 5.74) is 1.45. The van der Waals surface area contributed by atoms with Crippen molar-refractivity contribution in [2.45, 2.75) is 71.8 Å². The smallest absolute Gasteiger partial charge is 0.0346 e. The third-order valence-corrected chi connectivity index (χ3v) is 4.10. The number of rotatable bonds is 11.